The smallest absolute Gasteiger partial charge is 0.154 e. The summed E-state index contributed by atoms with van der Waals surface area (Å²) in [4.78, 5) is 0. The van der Waals surface area contributed by atoms with Gasteiger partial charge in [0.05, 0.1) is 10.3 Å². The molecule has 1 aliphatic carbocycles. The van der Waals surface area contributed by atoms with Crippen LogP contribution < -0.4 is 5.32 Å². The molecule has 112 valence electrons. The quantitative estimate of drug-likeness (QED) is 0.856. The summed E-state index contributed by atoms with van der Waals surface area (Å²) in [7, 11) is -1.22. The molecule has 4 nitrogen and oxygen atoms in total. The zero-order valence-corrected chi connectivity index (χ0v) is 13.3. The molecule has 0 amide bonds. The second-order valence-corrected chi connectivity index (χ2v) is 9.38. The molecule has 2 atom stereocenters. The van der Waals surface area contributed by atoms with Gasteiger partial charge in [0.25, 0.3) is 0 Å². The van der Waals surface area contributed by atoms with E-state index in [2.05, 4.69) is 5.32 Å². The van der Waals surface area contributed by atoms with Crippen LogP contribution in [0.1, 0.15) is 46.0 Å². The Morgan fingerprint density at radius 2 is 2.00 bits per heavy atom. The van der Waals surface area contributed by atoms with Crippen LogP contribution in [0.15, 0.2) is 0 Å². The zero-order chi connectivity index (χ0) is 14.3. The number of hydrogen-bond acceptors (Lipinski definition) is 4. The molecule has 0 bridgehead atoms. The van der Waals surface area contributed by atoms with Crippen molar-refractivity contribution in [3.05, 3.63) is 0 Å². The Bertz CT molecular complexity index is 426. The van der Waals surface area contributed by atoms with Gasteiger partial charge in [0.1, 0.15) is 0 Å². The highest BCUT2D eigenvalue weighted by atomic mass is 32.2. The topological polar surface area (TPSA) is 55.4 Å². The van der Waals surface area contributed by atoms with Gasteiger partial charge < -0.3 is 10.1 Å². The second-order valence-electron chi connectivity index (χ2n) is 6.78. The Balaban J connectivity index is 2.17. The van der Waals surface area contributed by atoms with E-state index in [-0.39, 0.29) is 11.6 Å². The molecule has 1 spiro atoms. The average molecular weight is 289 g/mol. The lowest BCUT2D eigenvalue weighted by Crippen LogP contribution is -2.58. The van der Waals surface area contributed by atoms with Crippen molar-refractivity contribution in [2.24, 2.45) is 5.92 Å². The van der Waals surface area contributed by atoms with Crippen molar-refractivity contribution in [2.45, 2.75) is 62.3 Å². The third kappa shape index (κ3) is 2.69. The number of sulfone groups is 1. The average Bonchev–Trinajstić information content (AvgIpc) is 2.26. The lowest BCUT2D eigenvalue weighted by Gasteiger charge is -2.50. The number of rotatable bonds is 4. The van der Waals surface area contributed by atoms with Crippen LogP contribution in [0.4, 0.5) is 0 Å². The van der Waals surface area contributed by atoms with Crippen LogP contribution >= 0.6 is 0 Å². The fourth-order valence-electron chi connectivity index (χ4n) is 3.65. The first kappa shape index (κ1) is 15.3. The molecule has 2 aliphatic rings. The molecule has 0 aromatic carbocycles. The van der Waals surface area contributed by atoms with E-state index in [1.54, 1.807) is 0 Å². The molecular formula is C14H27NO3S. The normalized spacial score (nSPS) is 28.9. The highest BCUT2D eigenvalue weighted by molar-refractivity contribution is 7.92. The van der Waals surface area contributed by atoms with E-state index in [9.17, 15) is 8.42 Å². The monoisotopic (exact) mass is 289 g/mol. The largest absolute Gasteiger partial charge is 0.375 e. The van der Waals surface area contributed by atoms with Crippen LogP contribution in [-0.2, 0) is 14.6 Å². The van der Waals surface area contributed by atoms with Crippen LogP contribution in [0.5, 0.6) is 0 Å². The molecule has 2 rings (SSSR count). The van der Waals surface area contributed by atoms with E-state index in [1.165, 1.54) is 12.7 Å². The lowest BCUT2D eigenvalue weighted by molar-refractivity contribution is -0.147. The summed E-state index contributed by atoms with van der Waals surface area (Å²) >= 11 is 0. The summed E-state index contributed by atoms with van der Waals surface area (Å²) in [6.07, 6.45) is 6.81. The molecule has 0 aromatic rings. The molecule has 1 saturated heterocycles. The van der Waals surface area contributed by atoms with E-state index in [0.29, 0.717) is 5.92 Å². The number of nitrogens with one attached hydrogen (secondary N) is 1. The molecule has 0 radical (unpaired) electrons. The molecule has 1 N–H and O–H groups in total. The predicted octanol–water partition coefficient (Wildman–Crippen LogP) is 1.75. The molecule has 1 saturated carbocycles. The van der Waals surface area contributed by atoms with Crippen LogP contribution in [0, 0.1) is 5.92 Å². The maximum atomic E-state index is 12.1. The number of hydrogen-bond donors (Lipinski definition) is 1. The predicted molar refractivity (Wildman–Crippen MR) is 77.0 cm³/mol. The molecule has 1 heterocycles. The van der Waals surface area contributed by atoms with Crippen molar-refractivity contribution >= 4 is 9.84 Å². The maximum Gasteiger partial charge on any atom is 0.154 e. The summed E-state index contributed by atoms with van der Waals surface area (Å²) in [5, 5.41) is 3.27. The Kier molecular flexibility index (Phi) is 4.02. The minimum Gasteiger partial charge on any atom is -0.375 e. The summed E-state index contributed by atoms with van der Waals surface area (Å²) < 4.78 is 29.3. The minimum absolute atomic E-state index is 0.0103. The summed E-state index contributed by atoms with van der Waals surface area (Å²) in [6, 6.07) is -0.0103. The first-order valence-corrected chi connectivity index (χ1v) is 9.12. The Hall–Kier alpha value is -0.130. The minimum atomic E-state index is -3.09. The highest BCUT2D eigenvalue weighted by Gasteiger charge is 2.49. The van der Waals surface area contributed by atoms with Gasteiger partial charge in [0.2, 0.25) is 0 Å². The van der Waals surface area contributed by atoms with Gasteiger partial charge in [0.15, 0.2) is 9.84 Å². The Labute approximate surface area is 117 Å². The van der Waals surface area contributed by atoms with Crippen molar-refractivity contribution in [1.82, 2.24) is 5.32 Å². The van der Waals surface area contributed by atoms with Crippen LogP contribution in [0.25, 0.3) is 0 Å². The Morgan fingerprint density at radius 3 is 2.42 bits per heavy atom. The van der Waals surface area contributed by atoms with E-state index in [4.69, 9.17) is 4.74 Å². The summed E-state index contributed by atoms with van der Waals surface area (Å²) in [5.41, 5.74) is 0.0611. The van der Waals surface area contributed by atoms with Crippen LogP contribution in [-0.4, -0.2) is 44.7 Å². The number of ether oxygens (including phenoxy) is 1. The van der Waals surface area contributed by atoms with E-state index in [0.717, 1.165) is 32.3 Å². The zero-order valence-electron chi connectivity index (χ0n) is 12.5. The lowest BCUT2D eigenvalue weighted by atomic mass is 9.69. The van der Waals surface area contributed by atoms with E-state index < -0.39 is 14.6 Å². The van der Waals surface area contributed by atoms with Crippen molar-refractivity contribution in [1.29, 1.82) is 0 Å². The fourth-order valence-corrected chi connectivity index (χ4v) is 4.42. The second kappa shape index (κ2) is 5.01. The van der Waals surface area contributed by atoms with E-state index >= 15 is 0 Å². The van der Waals surface area contributed by atoms with Crippen LogP contribution in [0.3, 0.4) is 0 Å². The van der Waals surface area contributed by atoms with Gasteiger partial charge in [-0.3, -0.25) is 0 Å². The molecular weight excluding hydrogens is 262 g/mol. The molecule has 2 unspecified atom stereocenters. The van der Waals surface area contributed by atoms with Crippen molar-refractivity contribution < 1.29 is 13.2 Å². The molecule has 2 fully saturated rings. The van der Waals surface area contributed by atoms with Gasteiger partial charge in [-0.25, -0.2) is 8.42 Å². The van der Waals surface area contributed by atoms with E-state index in [1.807, 2.05) is 20.9 Å². The van der Waals surface area contributed by atoms with Gasteiger partial charge >= 0.3 is 0 Å². The summed E-state index contributed by atoms with van der Waals surface area (Å²) in [6.45, 7) is 4.45. The van der Waals surface area contributed by atoms with Crippen molar-refractivity contribution in [2.75, 3.05) is 19.9 Å². The molecule has 5 heteroatoms. The first-order chi connectivity index (χ1) is 8.72. The SMILES string of the molecule is CNC(C1CCOC2(CCC2)C1)C(C)(C)S(C)(=O)=O. The van der Waals surface area contributed by atoms with Crippen LogP contribution in [0.2, 0.25) is 0 Å². The fraction of sp³-hybridized carbons (Fsp3) is 1.00. The molecule has 1 aliphatic heterocycles. The van der Waals surface area contributed by atoms with Gasteiger partial charge in [-0.1, -0.05) is 0 Å². The van der Waals surface area contributed by atoms with Crippen molar-refractivity contribution in [3.63, 3.8) is 0 Å². The Morgan fingerprint density at radius 1 is 1.37 bits per heavy atom. The summed E-state index contributed by atoms with van der Waals surface area (Å²) in [5.74, 6) is 0.378. The molecule has 19 heavy (non-hydrogen) atoms. The van der Waals surface area contributed by atoms with Gasteiger partial charge in [-0.15, -0.1) is 0 Å². The molecule has 0 aromatic heterocycles. The third-order valence-corrected chi connectivity index (χ3v) is 7.45. The van der Waals surface area contributed by atoms with Crippen molar-refractivity contribution in [3.8, 4) is 0 Å². The highest BCUT2D eigenvalue weighted by Crippen LogP contribution is 2.46. The standard InChI is InChI=1S/C14H27NO3S/c1-13(2,19(4,16)17)12(15-3)11-6-9-18-14(10-11)7-5-8-14/h11-12,15H,5-10H2,1-4H3. The maximum absolute atomic E-state index is 12.1. The van der Waals surface area contributed by atoms with Gasteiger partial charge in [0, 0.05) is 18.9 Å². The third-order valence-electron chi connectivity index (χ3n) is 5.28. The van der Waals surface area contributed by atoms with Gasteiger partial charge in [-0.05, 0) is 58.9 Å². The van der Waals surface area contributed by atoms with Gasteiger partial charge in [-0.2, -0.15) is 0 Å². The first-order valence-electron chi connectivity index (χ1n) is 7.23.